The zero-order valence-corrected chi connectivity index (χ0v) is 8.68. The minimum absolute atomic E-state index is 0.669. The van der Waals surface area contributed by atoms with Crippen molar-refractivity contribution in [2.75, 3.05) is 0 Å². The second-order valence-corrected chi connectivity index (χ2v) is 3.62. The van der Waals surface area contributed by atoms with Crippen LogP contribution in [-0.2, 0) is 0 Å². The number of aryl methyl sites for hydroxylation is 1. The molecule has 0 aliphatic heterocycles. The summed E-state index contributed by atoms with van der Waals surface area (Å²) in [7, 11) is 0. The lowest BCUT2D eigenvalue weighted by Gasteiger charge is -2.05. The van der Waals surface area contributed by atoms with Crippen molar-refractivity contribution in [1.82, 2.24) is 0 Å². The molecule has 0 N–H and O–H groups in total. The minimum Gasteiger partial charge on any atom is -0.0837 e. The fraction of sp³-hybridized carbons (Fsp3) is 0.0769. The zero-order chi connectivity index (χ0) is 9.97. The summed E-state index contributed by atoms with van der Waals surface area (Å²) in [4.78, 5) is 0. The van der Waals surface area contributed by atoms with E-state index in [1.165, 1.54) is 11.1 Å². The minimum atomic E-state index is 0.669. The van der Waals surface area contributed by atoms with Crippen LogP contribution in [-0.4, -0.2) is 0 Å². The summed E-state index contributed by atoms with van der Waals surface area (Å²) in [6.45, 7) is 2.02. The van der Waals surface area contributed by atoms with Gasteiger partial charge in [0.1, 0.15) is 0 Å². The Morgan fingerprint density at radius 1 is 1.00 bits per heavy atom. The van der Waals surface area contributed by atoms with Crippen LogP contribution in [0.4, 0.5) is 0 Å². The summed E-state index contributed by atoms with van der Waals surface area (Å²) in [6.07, 6.45) is 0. The van der Waals surface area contributed by atoms with Crippen LogP contribution in [0.25, 0.3) is 11.1 Å². The van der Waals surface area contributed by atoms with E-state index in [4.69, 9.17) is 11.6 Å². The van der Waals surface area contributed by atoms with E-state index in [1.807, 2.05) is 37.3 Å². The second-order valence-electron chi connectivity index (χ2n) is 3.21. The molecule has 0 atom stereocenters. The topological polar surface area (TPSA) is 0 Å². The Balaban J connectivity index is 2.53. The molecule has 14 heavy (non-hydrogen) atoms. The molecule has 0 bridgehead atoms. The van der Waals surface area contributed by atoms with Crippen molar-refractivity contribution in [3.63, 3.8) is 0 Å². The maximum Gasteiger partial charge on any atom is 0.0488 e. The van der Waals surface area contributed by atoms with Crippen LogP contribution < -0.4 is 0 Å². The molecule has 2 rings (SSSR count). The molecular weight excluding hydrogens is 192 g/mol. The van der Waals surface area contributed by atoms with Gasteiger partial charge in [0.05, 0.1) is 0 Å². The molecular formula is C13H10Cl. The summed E-state index contributed by atoms with van der Waals surface area (Å²) in [6, 6.07) is 17.3. The van der Waals surface area contributed by atoms with Gasteiger partial charge in [-0.3, -0.25) is 0 Å². The first kappa shape index (κ1) is 9.29. The van der Waals surface area contributed by atoms with Crippen molar-refractivity contribution < 1.29 is 0 Å². The van der Waals surface area contributed by atoms with Gasteiger partial charge in [0.15, 0.2) is 0 Å². The third-order valence-electron chi connectivity index (χ3n) is 2.19. The molecule has 0 saturated heterocycles. The smallest absolute Gasteiger partial charge is 0.0488 e. The first-order chi connectivity index (χ1) is 6.77. The van der Waals surface area contributed by atoms with E-state index < -0.39 is 0 Å². The maximum atomic E-state index is 5.85. The highest BCUT2D eigenvalue weighted by Gasteiger charge is 2.01. The highest BCUT2D eigenvalue weighted by Crippen LogP contribution is 2.24. The average Bonchev–Trinajstić information content (AvgIpc) is 2.19. The van der Waals surface area contributed by atoms with E-state index in [2.05, 4.69) is 18.2 Å². The fourth-order valence-corrected chi connectivity index (χ4v) is 1.70. The maximum absolute atomic E-state index is 5.85. The molecule has 0 fully saturated rings. The quantitative estimate of drug-likeness (QED) is 0.651. The van der Waals surface area contributed by atoms with Crippen molar-refractivity contribution in [3.05, 3.63) is 59.1 Å². The molecule has 69 valence electrons. The predicted molar refractivity (Wildman–Crippen MR) is 60.5 cm³/mol. The lowest BCUT2D eigenvalue weighted by Crippen LogP contribution is -1.82. The third-order valence-corrected chi connectivity index (χ3v) is 2.41. The van der Waals surface area contributed by atoms with Gasteiger partial charge in [-0.15, -0.1) is 0 Å². The van der Waals surface area contributed by atoms with E-state index in [1.54, 1.807) is 0 Å². The molecule has 0 aliphatic rings. The Bertz CT molecular complexity index is 432. The lowest BCUT2D eigenvalue weighted by molar-refractivity contribution is 1.45. The van der Waals surface area contributed by atoms with Gasteiger partial charge in [-0.2, -0.15) is 0 Å². The highest BCUT2D eigenvalue weighted by atomic mass is 35.5. The molecule has 0 nitrogen and oxygen atoms in total. The van der Waals surface area contributed by atoms with Gasteiger partial charge >= 0.3 is 0 Å². The van der Waals surface area contributed by atoms with Crippen LogP contribution >= 0.6 is 11.6 Å². The number of hydrogen-bond acceptors (Lipinski definition) is 0. The average molecular weight is 202 g/mol. The van der Waals surface area contributed by atoms with Gasteiger partial charge in [-0.25, -0.2) is 0 Å². The van der Waals surface area contributed by atoms with Gasteiger partial charge in [-0.05, 0) is 29.7 Å². The Morgan fingerprint density at radius 3 is 2.36 bits per heavy atom. The Kier molecular flexibility index (Phi) is 2.55. The molecule has 0 aromatic heterocycles. The van der Waals surface area contributed by atoms with Gasteiger partial charge in [-0.1, -0.05) is 48.0 Å². The van der Waals surface area contributed by atoms with Crippen molar-refractivity contribution in [3.8, 4) is 11.1 Å². The first-order valence-corrected chi connectivity index (χ1v) is 4.89. The summed E-state index contributed by atoms with van der Waals surface area (Å²) >= 11 is 5.85. The van der Waals surface area contributed by atoms with Gasteiger partial charge in [0.2, 0.25) is 0 Å². The standard InChI is InChI=1S/C13H10Cl/c1-10-9-12(14)7-8-13(10)11-5-3-2-4-6-11/h2-8H,1H3. The molecule has 1 heteroatoms. The van der Waals surface area contributed by atoms with Crippen LogP contribution in [0.5, 0.6) is 0 Å². The largest absolute Gasteiger partial charge is 0.0837 e. The van der Waals surface area contributed by atoms with Crippen LogP contribution in [0.1, 0.15) is 5.56 Å². The summed E-state index contributed by atoms with van der Waals surface area (Å²) in [5.74, 6) is 0. The molecule has 0 saturated carbocycles. The number of rotatable bonds is 1. The Labute approximate surface area is 89.2 Å². The highest BCUT2D eigenvalue weighted by molar-refractivity contribution is 6.30. The first-order valence-electron chi connectivity index (χ1n) is 4.51. The third kappa shape index (κ3) is 1.80. The van der Waals surface area contributed by atoms with Gasteiger partial charge < -0.3 is 0 Å². The summed E-state index contributed by atoms with van der Waals surface area (Å²) < 4.78 is 0. The SMILES string of the molecule is Cc1[c]c(Cl)ccc1-c1ccccc1. The molecule has 2 aromatic rings. The Hall–Kier alpha value is -1.27. The number of hydrogen-bond donors (Lipinski definition) is 0. The Morgan fingerprint density at radius 2 is 1.71 bits per heavy atom. The van der Waals surface area contributed by atoms with Crippen molar-refractivity contribution >= 4 is 11.6 Å². The van der Waals surface area contributed by atoms with Crippen LogP contribution in [0.15, 0.2) is 42.5 Å². The van der Waals surface area contributed by atoms with Crippen molar-refractivity contribution in [2.24, 2.45) is 0 Å². The van der Waals surface area contributed by atoms with Crippen LogP contribution in [0.3, 0.4) is 0 Å². The molecule has 2 aromatic carbocycles. The van der Waals surface area contributed by atoms with E-state index >= 15 is 0 Å². The number of halogens is 1. The molecule has 0 amide bonds. The second kappa shape index (κ2) is 3.85. The lowest BCUT2D eigenvalue weighted by atomic mass is 10.0. The van der Waals surface area contributed by atoms with Gasteiger partial charge in [0.25, 0.3) is 0 Å². The molecule has 0 unspecified atom stereocenters. The van der Waals surface area contributed by atoms with Crippen molar-refractivity contribution in [1.29, 1.82) is 0 Å². The monoisotopic (exact) mass is 201 g/mol. The molecule has 0 aliphatic carbocycles. The molecule has 0 heterocycles. The normalized spacial score (nSPS) is 10.1. The summed E-state index contributed by atoms with van der Waals surface area (Å²) in [5.41, 5.74) is 3.48. The van der Waals surface area contributed by atoms with E-state index in [0.717, 1.165) is 5.56 Å². The van der Waals surface area contributed by atoms with E-state index in [-0.39, 0.29) is 0 Å². The van der Waals surface area contributed by atoms with Gasteiger partial charge in [0, 0.05) is 11.1 Å². The summed E-state index contributed by atoms with van der Waals surface area (Å²) in [5, 5.41) is 0.669. The molecule has 1 radical (unpaired) electrons. The molecule has 0 spiro atoms. The number of benzene rings is 2. The van der Waals surface area contributed by atoms with Crippen LogP contribution in [0, 0.1) is 13.0 Å². The predicted octanol–water partition coefficient (Wildman–Crippen LogP) is 4.12. The fourth-order valence-electron chi connectivity index (χ4n) is 1.50. The van der Waals surface area contributed by atoms with Crippen molar-refractivity contribution in [2.45, 2.75) is 6.92 Å². The van der Waals surface area contributed by atoms with Crippen LogP contribution in [0.2, 0.25) is 5.02 Å². The van der Waals surface area contributed by atoms with E-state index in [0.29, 0.717) is 5.02 Å². The zero-order valence-electron chi connectivity index (χ0n) is 7.92. The van der Waals surface area contributed by atoms with E-state index in [9.17, 15) is 0 Å².